The number of rotatable bonds is 4. The molecule has 6 aliphatic rings. The van der Waals surface area contributed by atoms with Gasteiger partial charge in [0.25, 0.3) is 0 Å². The van der Waals surface area contributed by atoms with Crippen molar-refractivity contribution in [2.24, 2.45) is 50.7 Å². The predicted octanol–water partition coefficient (Wildman–Crippen LogP) is 5.27. The molecule has 5 aliphatic carbocycles. The van der Waals surface area contributed by atoms with E-state index >= 15 is 0 Å². The van der Waals surface area contributed by atoms with E-state index in [1.807, 2.05) is 0 Å². The lowest BCUT2D eigenvalue weighted by Gasteiger charge is -2.63. The molecule has 7 nitrogen and oxygen atoms in total. The molecule has 0 aromatic carbocycles. The molecule has 6 rings (SSSR count). The van der Waals surface area contributed by atoms with Crippen LogP contribution in [0.1, 0.15) is 107 Å². The summed E-state index contributed by atoms with van der Waals surface area (Å²) in [6, 6.07) is 0.138. The van der Waals surface area contributed by atoms with Crippen molar-refractivity contribution in [3.63, 3.8) is 0 Å². The lowest BCUT2D eigenvalue weighted by Crippen LogP contribution is -2.60. The number of aliphatic hydroxyl groups is 2. The summed E-state index contributed by atoms with van der Waals surface area (Å²) in [6.07, 6.45) is 6.56. The minimum atomic E-state index is -1.25. The van der Waals surface area contributed by atoms with Crippen LogP contribution in [0.4, 0.5) is 0 Å². The van der Waals surface area contributed by atoms with Crippen LogP contribution in [-0.2, 0) is 14.3 Å². The second kappa shape index (κ2) is 9.28. The molecule has 4 N–H and O–H groups in total. The van der Waals surface area contributed by atoms with Crippen LogP contribution in [0.3, 0.4) is 0 Å². The van der Waals surface area contributed by atoms with E-state index in [0.29, 0.717) is 23.7 Å². The fourth-order valence-electron chi connectivity index (χ4n) is 12.6. The molecule has 0 amide bonds. The van der Waals surface area contributed by atoms with Gasteiger partial charge in [0.2, 0.25) is 0 Å². The Morgan fingerprint density at radius 2 is 1.68 bits per heavy atom. The molecule has 1 saturated heterocycles. The maximum Gasteiger partial charge on any atom is 0.303 e. The number of hydrogen-bond donors (Lipinski definition) is 4. The molecular formula is C32H54ClNO6. The molecule has 1 heterocycles. The van der Waals surface area contributed by atoms with Gasteiger partial charge in [0, 0.05) is 18.4 Å². The van der Waals surface area contributed by atoms with Gasteiger partial charge >= 0.3 is 5.97 Å². The Hall–Kier alpha value is -0.440. The Morgan fingerprint density at radius 1 is 1.05 bits per heavy atom. The minimum Gasteiger partial charge on any atom is -0.457 e. The van der Waals surface area contributed by atoms with E-state index in [4.69, 9.17) is 9.47 Å². The molecule has 0 aromatic heterocycles. The summed E-state index contributed by atoms with van der Waals surface area (Å²) in [6.45, 7) is 16.5. The second-order valence-electron chi connectivity index (χ2n) is 16.4. The van der Waals surface area contributed by atoms with E-state index in [2.05, 4.69) is 40.1 Å². The Balaban J connectivity index is 0.00000323. The van der Waals surface area contributed by atoms with Crippen molar-refractivity contribution in [1.29, 1.82) is 0 Å². The average Bonchev–Trinajstić information content (AvgIpc) is 3.46. The predicted molar refractivity (Wildman–Crippen MR) is 154 cm³/mol. The highest BCUT2D eigenvalue weighted by molar-refractivity contribution is 5.85. The van der Waals surface area contributed by atoms with Crippen LogP contribution in [0.5, 0.6) is 0 Å². The number of carbonyl (C=O) groups excluding carboxylic acids is 1. The molecule has 2 unspecified atom stereocenters. The van der Waals surface area contributed by atoms with E-state index in [9.17, 15) is 20.2 Å². The van der Waals surface area contributed by atoms with Crippen LogP contribution in [0.15, 0.2) is 0 Å². The van der Waals surface area contributed by atoms with Crippen molar-refractivity contribution < 1.29 is 29.7 Å². The molecule has 6 fully saturated rings. The highest BCUT2D eigenvalue weighted by Gasteiger charge is 2.84. The Morgan fingerprint density at radius 3 is 2.27 bits per heavy atom. The number of ether oxygens (including phenoxy) is 2. The van der Waals surface area contributed by atoms with Crippen LogP contribution in [0, 0.1) is 50.7 Å². The van der Waals surface area contributed by atoms with Crippen molar-refractivity contribution in [2.45, 2.75) is 143 Å². The van der Waals surface area contributed by atoms with Gasteiger partial charge in [-0.1, -0.05) is 34.6 Å². The Labute approximate surface area is 246 Å². The molecule has 0 radical (unpaired) electrons. The first-order chi connectivity index (χ1) is 18.0. The fourth-order valence-corrected chi connectivity index (χ4v) is 12.6. The van der Waals surface area contributed by atoms with Gasteiger partial charge in [-0.15, -0.1) is 12.4 Å². The second-order valence-corrected chi connectivity index (χ2v) is 16.4. The molecule has 8 heteroatoms. The number of nitrogens with one attached hydrogen (secondary N) is 1. The normalized spacial score (nSPS) is 53.0. The van der Waals surface area contributed by atoms with E-state index in [1.165, 1.54) is 19.8 Å². The van der Waals surface area contributed by atoms with Gasteiger partial charge in [-0.3, -0.25) is 4.79 Å². The third kappa shape index (κ3) is 3.63. The van der Waals surface area contributed by atoms with Crippen LogP contribution >= 0.6 is 12.4 Å². The number of esters is 1. The summed E-state index contributed by atoms with van der Waals surface area (Å²) in [7, 11) is 0. The summed E-state index contributed by atoms with van der Waals surface area (Å²) < 4.78 is 12.4. The van der Waals surface area contributed by atoms with Gasteiger partial charge in [-0.2, -0.15) is 0 Å². The minimum absolute atomic E-state index is 0. The standard InChI is InChI=1S/C32H53NO6.ClH/c1-17-15-19(26(28(5,6)36)38-18(2)34)39-24-23(17)29(7)13-14-32-16-31(32)12-11-22(33-37)27(3,4)20(31)9-10-21(32)30(29,8)25(24)35;/h17,19-26,33,35-37H,9-16H2,1-8H3;1H/t17-,19-,20+,21+,22-,23?,24?,25+,26+,29-,30-,31-,32+;/m1./s1. The summed E-state index contributed by atoms with van der Waals surface area (Å²) in [5.74, 6) is 1.11. The van der Waals surface area contributed by atoms with Crippen molar-refractivity contribution in [1.82, 2.24) is 5.48 Å². The Bertz CT molecular complexity index is 1030. The first-order valence-electron chi connectivity index (χ1n) is 15.6. The molecular weight excluding hydrogens is 530 g/mol. The third-order valence-electron chi connectivity index (χ3n) is 14.3. The zero-order valence-corrected chi connectivity index (χ0v) is 26.6. The summed E-state index contributed by atoms with van der Waals surface area (Å²) >= 11 is 0. The van der Waals surface area contributed by atoms with E-state index in [1.54, 1.807) is 13.8 Å². The maximum absolute atomic E-state index is 12.4. The highest BCUT2D eigenvalue weighted by atomic mass is 35.5. The monoisotopic (exact) mass is 583 g/mol. The topological polar surface area (TPSA) is 108 Å². The summed E-state index contributed by atoms with van der Waals surface area (Å²) in [5.41, 5.74) is 1.74. The third-order valence-corrected chi connectivity index (χ3v) is 14.3. The molecule has 40 heavy (non-hydrogen) atoms. The highest BCUT2D eigenvalue weighted by Crippen LogP contribution is 2.89. The van der Waals surface area contributed by atoms with Crippen molar-refractivity contribution in [3.05, 3.63) is 0 Å². The molecule has 0 aromatic rings. The first kappa shape index (κ1) is 31.0. The number of aliphatic hydroxyl groups excluding tert-OH is 1. The number of hydrogen-bond acceptors (Lipinski definition) is 7. The molecule has 0 bridgehead atoms. The van der Waals surface area contributed by atoms with Gasteiger partial charge in [-0.25, -0.2) is 5.48 Å². The molecule has 5 saturated carbocycles. The van der Waals surface area contributed by atoms with E-state index in [-0.39, 0.29) is 58.0 Å². The molecule has 13 atom stereocenters. The number of fused-ring (bicyclic) bond motifs is 4. The molecule has 2 spiro atoms. The maximum atomic E-state index is 12.4. The van der Waals surface area contributed by atoms with Crippen LogP contribution < -0.4 is 5.48 Å². The van der Waals surface area contributed by atoms with Crippen molar-refractivity contribution in [2.75, 3.05) is 0 Å². The van der Waals surface area contributed by atoms with Crippen LogP contribution in [-0.4, -0.2) is 57.4 Å². The average molecular weight is 584 g/mol. The largest absolute Gasteiger partial charge is 0.457 e. The van der Waals surface area contributed by atoms with Crippen LogP contribution in [0.2, 0.25) is 0 Å². The quantitative estimate of drug-likeness (QED) is 0.264. The van der Waals surface area contributed by atoms with Gasteiger partial charge in [-0.05, 0) is 111 Å². The van der Waals surface area contributed by atoms with Gasteiger partial charge in [0.1, 0.15) is 0 Å². The zero-order valence-electron chi connectivity index (χ0n) is 25.8. The summed E-state index contributed by atoms with van der Waals surface area (Å²) in [5, 5.41) is 33.2. The smallest absolute Gasteiger partial charge is 0.303 e. The van der Waals surface area contributed by atoms with Crippen molar-refractivity contribution >= 4 is 18.4 Å². The van der Waals surface area contributed by atoms with Crippen molar-refractivity contribution in [3.8, 4) is 0 Å². The zero-order chi connectivity index (χ0) is 28.6. The lowest BCUT2D eigenvalue weighted by atomic mass is 9.41. The van der Waals surface area contributed by atoms with E-state index < -0.39 is 29.9 Å². The number of halogens is 1. The Kier molecular flexibility index (Phi) is 7.19. The van der Waals surface area contributed by atoms with E-state index in [0.717, 1.165) is 32.1 Å². The van der Waals surface area contributed by atoms with Gasteiger partial charge < -0.3 is 24.9 Å². The summed E-state index contributed by atoms with van der Waals surface area (Å²) in [4.78, 5) is 12.0. The number of carbonyl (C=O) groups is 1. The SMILES string of the molecule is CC(=O)O[C@@H]([C@H]1C[C@@H](C)C2C(O1)[C@H](O)[C@@]1(C)[C@@H]3CC[C@H]4C(C)(C)[C@H](NO)CC[C@@]45C[C@@]35CC[C@]21C)C(C)(C)O.Cl. The molecule has 1 aliphatic heterocycles. The van der Waals surface area contributed by atoms with Crippen LogP contribution in [0.25, 0.3) is 0 Å². The molecule has 230 valence electrons. The van der Waals surface area contributed by atoms with Gasteiger partial charge in [0.05, 0.1) is 23.9 Å². The first-order valence-corrected chi connectivity index (χ1v) is 15.6. The lowest BCUT2D eigenvalue weighted by molar-refractivity contribution is -0.216. The number of hydroxylamine groups is 1. The fraction of sp³-hybridized carbons (Fsp3) is 0.969. The van der Waals surface area contributed by atoms with Gasteiger partial charge in [0.15, 0.2) is 6.10 Å².